The van der Waals surface area contributed by atoms with Gasteiger partial charge in [-0.05, 0) is 25.6 Å². The first-order chi connectivity index (χ1) is 5.77. The maximum atomic E-state index is 4.38. The van der Waals surface area contributed by atoms with Crippen LogP contribution in [0.15, 0.2) is 18.3 Å². The largest absolute Gasteiger partial charge is 0.299 e. The average molecular weight is 162 g/mol. The Morgan fingerprint density at radius 1 is 1.58 bits per heavy atom. The van der Waals surface area contributed by atoms with Crippen molar-refractivity contribution >= 4 is 0 Å². The molecule has 2 heteroatoms. The summed E-state index contributed by atoms with van der Waals surface area (Å²) in [6.07, 6.45) is 2.98. The Balaban J connectivity index is 2.34. The SMILES string of the molecule is C[C@@H]1Cc2ncccc2CN1C. The molecule has 0 amide bonds. The van der Waals surface area contributed by atoms with E-state index in [0.29, 0.717) is 6.04 Å². The highest BCUT2D eigenvalue weighted by Crippen LogP contribution is 2.18. The first kappa shape index (κ1) is 7.74. The van der Waals surface area contributed by atoms with Crippen LogP contribution in [-0.2, 0) is 13.0 Å². The van der Waals surface area contributed by atoms with Crippen LogP contribution >= 0.6 is 0 Å². The molecule has 1 aromatic heterocycles. The summed E-state index contributed by atoms with van der Waals surface area (Å²) in [7, 11) is 2.17. The van der Waals surface area contributed by atoms with Crippen molar-refractivity contribution in [2.45, 2.75) is 25.9 Å². The number of rotatable bonds is 0. The quantitative estimate of drug-likeness (QED) is 0.574. The summed E-state index contributed by atoms with van der Waals surface area (Å²) in [6.45, 7) is 3.29. The summed E-state index contributed by atoms with van der Waals surface area (Å²) in [5.74, 6) is 0. The van der Waals surface area contributed by atoms with Crippen LogP contribution in [0.25, 0.3) is 0 Å². The molecule has 12 heavy (non-hydrogen) atoms. The molecule has 2 rings (SSSR count). The van der Waals surface area contributed by atoms with Crippen LogP contribution in [0.4, 0.5) is 0 Å². The summed E-state index contributed by atoms with van der Waals surface area (Å²) >= 11 is 0. The smallest absolute Gasteiger partial charge is 0.0464 e. The zero-order valence-electron chi connectivity index (χ0n) is 7.62. The van der Waals surface area contributed by atoms with Gasteiger partial charge in [0.05, 0.1) is 0 Å². The molecule has 0 saturated heterocycles. The second kappa shape index (κ2) is 2.87. The summed E-state index contributed by atoms with van der Waals surface area (Å²) < 4.78 is 0. The lowest BCUT2D eigenvalue weighted by atomic mass is 10.0. The minimum Gasteiger partial charge on any atom is -0.299 e. The molecule has 0 aromatic carbocycles. The Morgan fingerprint density at radius 2 is 2.42 bits per heavy atom. The molecule has 1 aliphatic rings. The number of likely N-dealkylation sites (N-methyl/N-ethyl adjacent to an activating group) is 1. The molecule has 0 unspecified atom stereocenters. The molecule has 2 heterocycles. The molecule has 2 nitrogen and oxygen atoms in total. The van der Waals surface area contributed by atoms with Gasteiger partial charge in [-0.25, -0.2) is 0 Å². The molecule has 1 atom stereocenters. The lowest BCUT2D eigenvalue weighted by molar-refractivity contribution is 0.228. The van der Waals surface area contributed by atoms with Crippen molar-refractivity contribution in [2.75, 3.05) is 7.05 Å². The fourth-order valence-electron chi connectivity index (χ4n) is 1.66. The van der Waals surface area contributed by atoms with E-state index >= 15 is 0 Å². The maximum absolute atomic E-state index is 4.38. The summed E-state index contributed by atoms with van der Waals surface area (Å²) in [4.78, 5) is 6.74. The highest BCUT2D eigenvalue weighted by Gasteiger charge is 2.19. The number of pyridine rings is 1. The monoisotopic (exact) mass is 162 g/mol. The van der Waals surface area contributed by atoms with E-state index in [-0.39, 0.29) is 0 Å². The Kier molecular flexibility index (Phi) is 1.85. The Hall–Kier alpha value is -0.890. The fourth-order valence-corrected chi connectivity index (χ4v) is 1.66. The first-order valence-corrected chi connectivity index (χ1v) is 4.40. The Labute approximate surface area is 73.2 Å². The fraction of sp³-hybridized carbons (Fsp3) is 0.500. The minimum absolute atomic E-state index is 0.632. The third kappa shape index (κ3) is 1.23. The van der Waals surface area contributed by atoms with E-state index in [1.807, 2.05) is 12.3 Å². The predicted octanol–water partition coefficient (Wildman–Crippen LogP) is 1.46. The molecule has 64 valence electrons. The van der Waals surface area contributed by atoms with Crippen molar-refractivity contribution in [1.82, 2.24) is 9.88 Å². The van der Waals surface area contributed by atoms with Crippen LogP contribution in [0.1, 0.15) is 18.2 Å². The van der Waals surface area contributed by atoms with Crippen molar-refractivity contribution < 1.29 is 0 Å². The number of hydrogen-bond donors (Lipinski definition) is 0. The Bertz CT molecular complexity index is 254. The van der Waals surface area contributed by atoms with E-state index in [0.717, 1.165) is 13.0 Å². The second-order valence-corrected chi connectivity index (χ2v) is 3.58. The van der Waals surface area contributed by atoms with Crippen LogP contribution in [0.2, 0.25) is 0 Å². The average Bonchev–Trinajstić information content (AvgIpc) is 2.07. The minimum atomic E-state index is 0.632. The molecular formula is C10H14N2. The van der Waals surface area contributed by atoms with Crippen molar-refractivity contribution in [3.8, 4) is 0 Å². The van der Waals surface area contributed by atoms with Gasteiger partial charge < -0.3 is 0 Å². The second-order valence-electron chi connectivity index (χ2n) is 3.58. The van der Waals surface area contributed by atoms with Crippen LogP contribution in [0.5, 0.6) is 0 Å². The van der Waals surface area contributed by atoms with Crippen LogP contribution in [0, 0.1) is 0 Å². The van der Waals surface area contributed by atoms with E-state index in [1.165, 1.54) is 11.3 Å². The predicted molar refractivity (Wildman–Crippen MR) is 48.9 cm³/mol. The lowest BCUT2D eigenvalue weighted by Gasteiger charge is -2.30. The standard InChI is InChI=1S/C10H14N2/c1-8-6-10-9(7-12(8)2)4-3-5-11-10/h3-5,8H,6-7H2,1-2H3/t8-/m1/s1. The molecule has 0 saturated carbocycles. The number of hydrogen-bond acceptors (Lipinski definition) is 2. The summed E-state index contributed by atoms with van der Waals surface area (Å²) in [6, 6.07) is 4.82. The van der Waals surface area contributed by atoms with Gasteiger partial charge in [-0.1, -0.05) is 6.07 Å². The van der Waals surface area contributed by atoms with Gasteiger partial charge in [0, 0.05) is 30.9 Å². The molecule has 0 N–H and O–H groups in total. The molecule has 0 fully saturated rings. The van der Waals surface area contributed by atoms with E-state index in [1.54, 1.807) is 0 Å². The van der Waals surface area contributed by atoms with E-state index in [2.05, 4.69) is 29.9 Å². The molecule has 0 spiro atoms. The van der Waals surface area contributed by atoms with Crippen molar-refractivity contribution in [2.24, 2.45) is 0 Å². The number of fused-ring (bicyclic) bond motifs is 1. The molecule has 0 radical (unpaired) electrons. The third-order valence-corrected chi connectivity index (χ3v) is 2.65. The van der Waals surface area contributed by atoms with Gasteiger partial charge in [0.25, 0.3) is 0 Å². The van der Waals surface area contributed by atoms with E-state index < -0.39 is 0 Å². The van der Waals surface area contributed by atoms with Gasteiger partial charge in [0.15, 0.2) is 0 Å². The molecule has 0 bridgehead atoms. The van der Waals surface area contributed by atoms with Crippen LogP contribution in [-0.4, -0.2) is 23.0 Å². The highest BCUT2D eigenvalue weighted by atomic mass is 15.1. The normalized spacial score (nSPS) is 23.7. The van der Waals surface area contributed by atoms with Crippen LogP contribution in [0.3, 0.4) is 0 Å². The molecule has 1 aromatic rings. The maximum Gasteiger partial charge on any atom is 0.0464 e. The van der Waals surface area contributed by atoms with E-state index in [9.17, 15) is 0 Å². The number of nitrogens with zero attached hydrogens (tertiary/aromatic N) is 2. The zero-order valence-corrected chi connectivity index (χ0v) is 7.62. The van der Waals surface area contributed by atoms with Crippen LogP contribution < -0.4 is 0 Å². The van der Waals surface area contributed by atoms with Crippen molar-refractivity contribution in [1.29, 1.82) is 0 Å². The topological polar surface area (TPSA) is 16.1 Å². The summed E-state index contributed by atoms with van der Waals surface area (Å²) in [5, 5.41) is 0. The summed E-state index contributed by atoms with van der Waals surface area (Å²) in [5.41, 5.74) is 2.67. The molecule has 0 aliphatic carbocycles. The van der Waals surface area contributed by atoms with Gasteiger partial charge in [-0.2, -0.15) is 0 Å². The molecular weight excluding hydrogens is 148 g/mol. The highest BCUT2D eigenvalue weighted by molar-refractivity contribution is 5.22. The van der Waals surface area contributed by atoms with Gasteiger partial charge in [0.1, 0.15) is 0 Å². The first-order valence-electron chi connectivity index (χ1n) is 4.40. The number of aromatic nitrogens is 1. The Morgan fingerprint density at radius 3 is 3.25 bits per heavy atom. The van der Waals surface area contributed by atoms with E-state index in [4.69, 9.17) is 0 Å². The van der Waals surface area contributed by atoms with Crippen molar-refractivity contribution in [3.63, 3.8) is 0 Å². The van der Waals surface area contributed by atoms with Gasteiger partial charge in [0.2, 0.25) is 0 Å². The lowest BCUT2D eigenvalue weighted by Crippen LogP contribution is -2.35. The van der Waals surface area contributed by atoms with Gasteiger partial charge in [-0.3, -0.25) is 9.88 Å². The van der Waals surface area contributed by atoms with Gasteiger partial charge >= 0.3 is 0 Å². The van der Waals surface area contributed by atoms with Crippen molar-refractivity contribution in [3.05, 3.63) is 29.6 Å². The van der Waals surface area contributed by atoms with Gasteiger partial charge in [-0.15, -0.1) is 0 Å². The zero-order chi connectivity index (χ0) is 8.55. The molecule has 1 aliphatic heterocycles. The third-order valence-electron chi connectivity index (χ3n) is 2.65.